The maximum Gasteiger partial charge on any atom is 0.265 e. The SMILES string of the molecule is Cc1nnsc1C(=O)NCC(N)c1ccccc1. The predicted octanol–water partition coefficient (Wildman–Crippen LogP) is 1.28. The third-order valence-corrected chi connectivity index (χ3v) is 3.39. The number of amides is 1. The van der Waals surface area contributed by atoms with Crippen LogP contribution in [0.3, 0.4) is 0 Å². The summed E-state index contributed by atoms with van der Waals surface area (Å²) in [6.45, 7) is 2.15. The zero-order valence-electron chi connectivity index (χ0n) is 9.96. The van der Waals surface area contributed by atoms with Crippen molar-refractivity contribution in [1.82, 2.24) is 14.9 Å². The minimum atomic E-state index is -0.212. The van der Waals surface area contributed by atoms with Crippen molar-refractivity contribution in [3.63, 3.8) is 0 Å². The molecule has 94 valence electrons. The minimum Gasteiger partial charge on any atom is -0.349 e. The van der Waals surface area contributed by atoms with E-state index in [4.69, 9.17) is 5.73 Å². The van der Waals surface area contributed by atoms with Crippen molar-refractivity contribution in [2.24, 2.45) is 5.73 Å². The van der Waals surface area contributed by atoms with Gasteiger partial charge in [-0.15, -0.1) is 5.10 Å². The van der Waals surface area contributed by atoms with Crippen LogP contribution in [0.5, 0.6) is 0 Å². The van der Waals surface area contributed by atoms with Crippen LogP contribution in [-0.2, 0) is 0 Å². The molecule has 1 aromatic heterocycles. The second-order valence-corrected chi connectivity index (χ2v) is 4.67. The maximum absolute atomic E-state index is 11.8. The summed E-state index contributed by atoms with van der Waals surface area (Å²) in [5, 5.41) is 6.59. The van der Waals surface area contributed by atoms with E-state index in [1.165, 1.54) is 0 Å². The van der Waals surface area contributed by atoms with Crippen LogP contribution in [0.15, 0.2) is 30.3 Å². The first-order valence-corrected chi connectivity index (χ1v) is 6.33. The molecular formula is C12H14N4OS. The second-order valence-electron chi connectivity index (χ2n) is 3.91. The van der Waals surface area contributed by atoms with Gasteiger partial charge in [-0.2, -0.15) is 0 Å². The van der Waals surface area contributed by atoms with Gasteiger partial charge in [0.15, 0.2) is 0 Å². The first-order chi connectivity index (χ1) is 8.68. The van der Waals surface area contributed by atoms with E-state index in [9.17, 15) is 4.79 Å². The summed E-state index contributed by atoms with van der Waals surface area (Å²) in [6.07, 6.45) is 0. The molecule has 0 spiro atoms. The van der Waals surface area contributed by atoms with E-state index in [1.54, 1.807) is 6.92 Å². The summed E-state index contributed by atoms with van der Waals surface area (Å²) in [5.74, 6) is -0.172. The summed E-state index contributed by atoms with van der Waals surface area (Å²) in [6, 6.07) is 9.45. The van der Waals surface area contributed by atoms with Crippen molar-refractivity contribution in [2.75, 3.05) is 6.54 Å². The fourth-order valence-electron chi connectivity index (χ4n) is 1.54. The number of carbonyl (C=O) groups is 1. The largest absolute Gasteiger partial charge is 0.349 e. The van der Waals surface area contributed by atoms with Crippen molar-refractivity contribution in [3.8, 4) is 0 Å². The number of hydrogen-bond acceptors (Lipinski definition) is 5. The van der Waals surface area contributed by atoms with Crippen molar-refractivity contribution in [3.05, 3.63) is 46.5 Å². The third-order valence-electron chi connectivity index (χ3n) is 2.57. The van der Waals surface area contributed by atoms with Crippen LogP contribution in [0, 0.1) is 6.92 Å². The molecule has 1 atom stereocenters. The number of hydrogen-bond donors (Lipinski definition) is 2. The number of carbonyl (C=O) groups excluding carboxylic acids is 1. The number of nitrogens with one attached hydrogen (secondary N) is 1. The molecule has 2 rings (SSSR count). The fourth-order valence-corrected chi connectivity index (χ4v) is 2.11. The molecule has 3 N–H and O–H groups in total. The van der Waals surface area contributed by atoms with Gasteiger partial charge in [-0.3, -0.25) is 4.79 Å². The summed E-state index contributed by atoms with van der Waals surface area (Å²) >= 11 is 1.09. The van der Waals surface area contributed by atoms with E-state index in [1.807, 2.05) is 30.3 Å². The lowest BCUT2D eigenvalue weighted by Crippen LogP contribution is -2.31. The average molecular weight is 262 g/mol. The molecule has 1 aromatic carbocycles. The molecule has 1 unspecified atom stereocenters. The Bertz CT molecular complexity index is 526. The van der Waals surface area contributed by atoms with Gasteiger partial charge >= 0.3 is 0 Å². The Morgan fingerprint density at radius 2 is 2.17 bits per heavy atom. The lowest BCUT2D eigenvalue weighted by atomic mass is 10.1. The Kier molecular flexibility index (Phi) is 4.01. The Labute approximate surface area is 109 Å². The first kappa shape index (κ1) is 12.7. The molecule has 0 radical (unpaired) electrons. The molecule has 18 heavy (non-hydrogen) atoms. The molecule has 6 heteroatoms. The zero-order valence-corrected chi connectivity index (χ0v) is 10.8. The van der Waals surface area contributed by atoms with E-state index in [-0.39, 0.29) is 11.9 Å². The molecule has 0 bridgehead atoms. The molecule has 1 amide bonds. The third kappa shape index (κ3) is 2.91. The highest BCUT2D eigenvalue weighted by atomic mass is 32.1. The molecule has 1 heterocycles. The van der Waals surface area contributed by atoms with Crippen molar-refractivity contribution in [2.45, 2.75) is 13.0 Å². The molecule has 0 fully saturated rings. The van der Waals surface area contributed by atoms with Crippen LogP contribution in [0.4, 0.5) is 0 Å². The summed E-state index contributed by atoms with van der Waals surface area (Å²) in [5.41, 5.74) is 7.63. The Morgan fingerprint density at radius 3 is 2.78 bits per heavy atom. The fraction of sp³-hybridized carbons (Fsp3) is 0.250. The van der Waals surface area contributed by atoms with E-state index >= 15 is 0 Å². The van der Waals surface area contributed by atoms with Crippen LogP contribution >= 0.6 is 11.5 Å². The number of rotatable bonds is 4. The number of benzene rings is 1. The molecule has 0 saturated heterocycles. The number of nitrogens with zero attached hydrogens (tertiary/aromatic N) is 2. The minimum absolute atomic E-state index is 0.172. The maximum atomic E-state index is 11.8. The highest BCUT2D eigenvalue weighted by Gasteiger charge is 2.14. The second kappa shape index (κ2) is 5.70. The molecule has 5 nitrogen and oxygen atoms in total. The van der Waals surface area contributed by atoms with E-state index in [0.717, 1.165) is 17.1 Å². The van der Waals surface area contributed by atoms with Crippen LogP contribution in [0.1, 0.15) is 27.0 Å². The smallest absolute Gasteiger partial charge is 0.265 e. The summed E-state index contributed by atoms with van der Waals surface area (Å²) < 4.78 is 3.73. The molecule has 2 aromatic rings. The standard InChI is InChI=1S/C12H14N4OS/c1-8-11(18-16-15-8)12(17)14-7-10(13)9-5-3-2-4-6-9/h2-6,10H,7,13H2,1H3,(H,14,17). The molecule has 0 aliphatic heterocycles. The van der Waals surface area contributed by atoms with Gasteiger partial charge in [0, 0.05) is 12.6 Å². The van der Waals surface area contributed by atoms with Crippen LogP contribution in [0.2, 0.25) is 0 Å². The molecule has 0 aliphatic rings. The lowest BCUT2D eigenvalue weighted by molar-refractivity contribution is 0.0954. The number of nitrogens with two attached hydrogens (primary N) is 1. The monoisotopic (exact) mass is 262 g/mol. The molecular weight excluding hydrogens is 248 g/mol. The zero-order chi connectivity index (χ0) is 13.0. The normalized spacial score (nSPS) is 12.1. The van der Waals surface area contributed by atoms with Crippen LogP contribution < -0.4 is 11.1 Å². The van der Waals surface area contributed by atoms with E-state index in [0.29, 0.717) is 17.1 Å². The number of aromatic nitrogens is 2. The highest BCUT2D eigenvalue weighted by Crippen LogP contribution is 2.11. The van der Waals surface area contributed by atoms with Crippen molar-refractivity contribution >= 4 is 17.4 Å². The predicted molar refractivity (Wildman–Crippen MR) is 70.3 cm³/mol. The van der Waals surface area contributed by atoms with Gasteiger partial charge < -0.3 is 11.1 Å². The van der Waals surface area contributed by atoms with Gasteiger partial charge in [0.25, 0.3) is 5.91 Å². The van der Waals surface area contributed by atoms with Gasteiger partial charge in [-0.05, 0) is 24.0 Å². The van der Waals surface area contributed by atoms with Crippen LogP contribution in [-0.4, -0.2) is 22.0 Å². The van der Waals surface area contributed by atoms with Crippen LogP contribution in [0.25, 0.3) is 0 Å². The van der Waals surface area contributed by atoms with Gasteiger partial charge in [0.2, 0.25) is 0 Å². The first-order valence-electron chi connectivity index (χ1n) is 5.56. The van der Waals surface area contributed by atoms with Crippen molar-refractivity contribution in [1.29, 1.82) is 0 Å². The number of aryl methyl sites for hydroxylation is 1. The van der Waals surface area contributed by atoms with Gasteiger partial charge in [-0.25, -0.2) is 0 Å². The van der Waals surface area contributed by atoms with Gasteiger partial charge in [-0.1, -0.05) is 34.8 Å². The lowest BCUT2D eigenvalue weighted by Gasteiger charge is -2.12. The Hall–Kier alpha value is -1.79. The van der Waals surface area contributed by atoms with Gasteiger partial charge in [0.1, 0.15) is 4.88 Å². The highest BCUT2D eigenvalue weighted by molar-refractivity contribution is 7.07. The summed E-state index contributed by atoms with van der Waals surface area (Å²) in [4.78, 5) is 12.4. The molecule has 0 aliphatic carbocycles. The topological polar surface area (TPSA) is 80.9 Å². The quantitative estimate of drug-likeness (QED) is 0.869. The molecule has 0 saturated carbocycles. The average Bonchev–Trinajstić information content (AvgIpc) is 2.83. The Balaban J connectivity index is 1.93. The summed E-state index contributed by atoms with van der Waals surface area (Å²) in [7, 11) is 0. The van der Waals surface area contributed by atoms with Crippen molar-refractivity contribution < 1.29 is 4.79 Å². The van der Waals surface area contributed by atoms with E-state index < -0.39 is 0 Å². The Morgan fingerprint density at radius 1 is 1.44 bits per heavy atom. The van der Waals surface area contributed by atoms with E-state index in [2.05, 4.69) is 14.9 Å². The van der Waals surface area contributed by atoms with Gasteiger partial charge in [0.05, 0.1) is 5.69 Å².